The summed E-state index contributed by atoms with van der Waals surface area (Å²) in [5.41, 5.74) is 7.86. The minimum absolute atomic E-state index is 0.275. The van der Waals surface area contributed by atoms with Gasteiger partial charge in [-0.15, -0.1) is 0 Å². The van der Waals surface area contributed by atoms with Gasteiger partial charge in [0.05, 0.1) is 23.5 Å². The third-order valence-electron chi connectivity index (χ3n) is 3.09. The average Bonchev–Trinajstić information content (AvgIpc) is 2.46. The molecule has 0 fully saturated rings. The molecule has 110 valence electrons. The summed E-state index contributed by atoms with van der Waals surface area (Å²) in [4.78, 5) is 13.7. The Bertz CT molecular complexity index is 658. The Balaban J connectivity index is 2.49. The Morgan fingerprint density at radius 3 is 2.67 bits per heavy atom. The summed E-state index contributed by atoms with van der Waals surface area (Å²) < 4.78 is 18.4. The lowest BCUT2D eigenvalue weighted by molar-refractivity contribution is 0.0527. The zero-order chi connectivity index (χ0) is 15.4. The van der Waals surface area contributed by atoms with Crippen LogP contribution >= 0.6 is 0 Å². The fraction of sp³-hybridized carbons (Fsp3) is 0.188. The van der Waals surface area contributed by atoms with E-state index in [-0.39, 0.29) is 12.4 Å². The number of nitrogens with zero attached hydrogens (tertiary/aromatic N) is 1. The summed E-state index contributed by atoms with van der Waals surface area (Å²) in [7, 11) is 1.73. The number of hydrogen-bond donors (Lipinski definition) is 1. The van der Waals surface area contributed by atoms with Crippen LogP contribution in [0.4, 0.5) is 21.5 Å². The number of nitrogen functional groups attached to an aromatic ring is 1. The van der Waals surface area contributed by atoms with Gasteiger partial charge in [0.25, 0.3) is 0 Å². The normalized spacial score (nSPS) is 10.2. The van der Waals surface area contributed by atoms with E-state index in [0.717, 1.165) is 0 Å². The second-order valence-corrected chi connectivity index (χ2v) is 4.50. The molecule has 0 saturated heterocycles. The molecule has 0 aromatic heterocycles. The molecule has 0 saturated carbocycles. The van der Waals surface area contributed by atoms with Crippen LogP contribution in [-0.4, -0.2) is 19.6 Å². The second-order valence-electron chi connectivity index (χ2n) is 4.50. The van der Waals surface area contributed by atoms with Crippen molar-refractivity contribution in [1.82, 2.24) is 0 Å². The standard InChI is InChI=1S/C16H17FN2O2/c1-3-21-16(20)13-8-5-9-14(18)15(13)19(2)12-7-4-6-11(17)10-12/h4-10H,3,18H2,1-2H3. The van der Waals surface area contributed by atoms with Gasteiger partial charge in [-0.2, -0.15) is 0 Å². The Kier molecular flexibility index (Phi) is 4.42. The van der Waals surface area contributed by atoms with Crippen molar-refractivity contribution in [3.63, 3.8) is 0 Å². The van der Waals surface area contributed by atoms with Crippen LogP contribution in [0, 0.1) is 5.82 Å². The van der Waals surface area contributed by atoms with E-state index in [1.807, 2.05) is 0 Å². The molecule has 2 aromatic carbocycles. The first kappa shape index (κ1) is 14.8. The van der Waals surface area contributed by atoms with Gasteiger partial charge in [-0.3, -0.25) is 0 Å². The van der Waals surface area contributed by atoms with Gasteiger partial charge in [-0.25, -0.2) is 9.18 Å². The predicted octanol–water partition coefficient (Wildman–Crippen LogP) is 3.35. The van der Waals surface area contributed by atoms with Crippen LogP contribution < -0.4 is 10.6 Å². The molecule has 0 aliphatic heterocycles. The van der Waals surface area contributed by atoms with Crippen molar-refractivity contribution in [3.05, 3.63) is 53.8 Å². The highest BCUT2D eigenvalue weighted by molar-refractivity contribution is 6.00. The maximum atomic E-state index is 13.4. The van der Waals surface area contributed by atoms with Gasteiger partial charge in [-0.1, -0.05) is 12.1 Å². The van der Waals surface area contributed by atoms with Crippen molar-refractivity contribution in [2.24, 2.45) is 0 Å². The van der Waals surface area contributed by atoms with Gasteiger partial charge in [0.2, 0.25) is 0 Å². The molecule has 0 radical (unpaired) electrons. The molecule has 0 aliphatic rings. The topological polar surface area (TPSA) is 55.6 Å². The summed E-state index contributed by atoms with van der Waals surface area (Å²) in [5.74, 6) is -0.811. The molecule has 2 aromatic rings. The Morgan fingerprint density at radius 2 is 2.00 bits per heavy atom. The van der Waals surface area contributed by atoms with Gasteiger partial charge in [-0.05, 0) is 37.3 Å². The van der Waals surface area contributed by atoms with E-state index < -0.39 is 5.97 Å². The number of carbonyl (C=O) groups is 1. The monoisotopic (exact) mass is 288 g/mol. The van der Waals surface area contributed by atoms with Gasteiger partial charge in [0, 0.05) is 12.7 Å². The van der Waals surface area contributed by atoms with Crippen molar-refractivity contribution in [2.45, 2.75) is 6.92 Å². The first-order chi connectivity index (χ1) is 10.0. The van der Waals surface area contributed by atoms with Gasteiger partial charge in [0.15, 0.2) is 0 Å². The SMILES string of the molecule is CCOC(=O)c1cccc(N)c1N(C)c1cccc(F)c1. The van der Waals surface area contributed by atoms with E-state index in [1.165, 1.54) is 12.1 Å². The largest absolute Gasteiger partial charge is 0.462 e. The molecule has 21 heavy (non-hydrogen) atoms. The lowest BCUT2D eigenvalue weighted by Gasteiger charge is -2.23. The molecule has 0 unspecified atom stereocenters. The van der Waals surface area contributed by atoms with E-state index in [2.05, 4.69) is 0 Å². The first-order valence-electron chi connectivity index (χ1n) is 6.59. The summed E-state index contributed by atoms with van der Waals surface area (Å²) in [6.07, 6.45) is 0. The van der Waals surface area contributed by atoms with E-state index in [0.29, 0.717) is 22.6 Å². The molecule has 4 nitrogen and oxygen atoms in total. The Labute approximate surface area is 122 Å². The molecule has 0 bridgehead atoms. The number of benzene rings is 2. The quantitative estimate of drug-likeness (QED) is 0.692. The second kappa shape index (κ2) is 6.26. The molecular formula is C16H17FN2O2. The number of ether oxygens (including phenoxy) is 1. The average molecular weight is 288 g/mol. The lowest BCUT2D eigenvalue weighted by atomic mass is 10.1. The highest BCUT2D eigenvalue weighted by Crippen LogP contribution is 2.33. The first-order valence-corrected chi connectivity index (χ1v) is 6.59. The Hall–Kier alpha value is -2.56. The van der Waals surface area contributed by atoms with E-state index in [9.17, 15) is 9.18 Å². The van der Waals surface area contributed by atoms with E-state index in [1.54, 1.807) is 49.2 Å². The predicted molar refractivity (Wildman–Crippen MR) is 81.3 cm³/mol. The van der Waals surface area contributed by atoms with Crippen LogP contribution in [-0.2, 0) is 4.74 Å². The highest BCUT2D eigenvalue weighted by atomic mass is 19.1. The molecule has 0 spiro atoms. The van der Waals surface area contributed by atoms with Crippen LogP contribution in [0.1, 0.15) is 17.3 Å². The van der Waals surface area contributed by atoms with Crippen molar-refractivity contribution >= 4 is 23.0 Å². The maximum absolute atomic E-state index is 13.4. The summed E-state index contributed by atoms with van der Waals surface area (Å²) in [6.45, 7) is 2.01. The number of halogens is 1. The fourth-order valence-electron chi connectivity index (χ4n) is 2.12. The zero-order valence-corrected chi connectivity index (χ0v) is 12.0. The number of rotatable bonds is 4. The zero-order valence-electron chi connectivity index (χ0n) is 12.0. The minimum atomic E-state index is -0.456. The molecule has 0 atom stereocenters. The minimum Gasteiger partial charge on any atom is -0.462 e. The van der Waals surface area contributed by atoms with Crippen LogP contribution in [0.15, 0.2) is 42.5 Å². The van der Waals surface area contributed by atoms with Crippen molar-refractivity contribution in [3.8, 4) is 0 Å². The van der Waals surface area contributed by atoms with Crippen molar-refractivity contribution in [1.29, 1.82) is 0 Å². The van der Waals surface area contributed by atoms with Crippen molar-refractivity contribution in [2.75, 3.05) is 24.3 Å². The molecule has 0 heterocycles. The van der Waals surface area contributed by atoms with Crippen LogP contribution in [0.5, 0.6) is 0 Å². The fourth-order valence-corrected chi connectivity index (χ4v) is 2.12. The number of nitrogens with two attached hydrogens (primary N) is 1. The molecule has 2 N–H and O–H groups in total. The number of anilines is 3. The summed E-state index contributed by atoms with van der Waals surface area (Å²) in [5, 5.41) is 0. The number of para-hydroxylation sites is 1. The highest BCUT2D eigenvalue weighted by Gasteiger charge is 2.19. The number of esters is 1. The molecule has 5 heteroatoms. The van der Waals surface area contributed by atoms with Gasteiger partial charge < -0.3 is 15.4 Å². The summed E-state index contributed by atoms with van der Waals surface area (Å²) in [6, 6.07) is 11.1. The maximum Gasteiger partial charge on any atom is 0.340 e. The molecular weight excluding hydrogens is 271 g/mol. The smallest absolute Gasteiger partial charge is 0.340 e. The molecule has 2 rings (SSSR count). The summed E-state index contributed by atoms with van der Waals surface area (Å²) >= 11 is 0. The third-order valence-corrected chi connectivity index (χ3v) is 3.09. The van der Waals surface area contributed by atoms with Gasteiger partial charge in [0.1, 0.15) is 5.82 Å². The van der Waals surface area contributed by atoms with E-state index in [4.69, 9.17) is 10.5 Å². The lowest BCUT2D eigenvalue weighted by Crippen LogP contribution is -2.17. The van der Waals surface area contributed by atoms with Crippen molar-refractivity contribution < 1.29 is 13.9 Å². The number of hydrogen-bond acceptors (Lipinski definition) is 4. The molecule has 0 amide bonds. The van der Waals surface area contributed by atoms with Crippen LogP contribution in [0.2, 0.25) is 0 Å². The molecule has 0 aliphatic carbocycles. The van der Waals surface area contributed by atoms with Crippen LogP contribution in [0.25, 0.3) is 0 Å². The van der Waals surface area contributed by atoms with Crippen LogP contribution in [0.3, 0.4) is 0 Å². The van der Waals surface area contributed by atoms with E-state index >= 15 is 0 Å². The third kappa shape index (κ3) is 3.13. The Morgan fingerprint density at radius 1 is 1.29 bits per heavy atom. The number of carbonyl (C=O) groups excluding carboxylic acids is 1. The van der Waals surface area contributed by atoms with Gasteiger partial charge >= 0.3 is 5.97 Å².